The van der Waals surface area contributed by atoms with Crippen molar-refractivity contribution in [1.82, 2.24) is 15.2 Å². The van der Waals surface area contributed by atoms with Crippen molar-refractivity contribution < 1.29 is 9.18 Å². The Labute approximate surface area is 150 Å². The third kappa shape index (κ3) is 3.83. The lowest BCUT2D eigenvalue weighted by molar-refractivity contribution is 0.0942. The van der Waals surface area contributed by atoms with Crippen LogP contribution in [0.15, 0.2) is 48.7 Å². The van der Waals surface area contributed by atoms with Crippen LogP contribution in [0.3, 0.4) is 0 Å². The van der Waals surface area contributed by atoms with Gasteiger partial charge in [-0.05, 0) is 50.0 Å². The number of hydrogen-bond acceptors (Lipinski definition) is 2. The van der Waals surface area contributed by atoms with Gasteiger partial charge in [-0.25, -0.2) is 4.39 Å². The molecule has 0 bridgehead atoms. The van der Waals surface area contributed by atoms with Gasteiger partial charge in [0.2, 0.25) is 0 Å². The SMILES string of the molecule is CN(C)C(CNC(=O)c1cc2[nH]ccc2cc1Cl)c1ccc(F)cc1. The van der Waals surface area contributed by atoms with E-state index in [1.54, 1.807) is 30.5 Å². The summed E-state index contributed by atoms with van der Waals surface area (Å²) in [4.78, 5) is 17.6. The van der Waals surface area contributed by atoms with E-state index in [0.29, 0.717) is 17.1 Å². The van der Waals surface area contributed by atoms with Crippen LogP contribution in [0.2, 0.25) is 5.02 Å². The summed E-state index contributed by atoms with van der Waals surface area (Å²) >= 11 is 6.24. The van der Waals surface area contributed by atoms with Gasteiger partial charge in [0.05, 0.1) is 16.6 Å². The zero-order valence-corrected chi connectivity index (χ0v) is 14.8. The molecule has 0 fully saturated rings. The first-order valence-corrected chi connectivity index (χ1v) is 8.30. The molecule has 4 nitrogen and oxygen atoms in total. The highest BCUT2D eigenvalue weighted by Gasteiger charge is 2.18. The van der Waals surface area contributed by atoms with E-state index in [9.17, 15) is 9.18 Å². The number of aromatic amines is 1. The van der Waals surface area contributed by atoms with Crippen LogP contribution in [0, 0.1) is 5.82 Å². The van der Waals surface area contributed by atoms with Crippen molar-refractivity contribution in [2.45, 2.75) is 6.04 Å². The summed E-state index contributed by atoms with van der Waals surface area (Å²) in [7, 11) is 3.83. The molecule has 1 atom stereocenters. The van der Waals surface area contributed by atoms with E-state index in [2.05, 4.69) is 10.3 Å². The fourth-order valence-electron chi connectivity index (χ4n) is 2.81. The molecule has 1 heterocycles. The Morgan fingerprint density at radius 3 is 2.64 bits per heavy atom. The van der Waals surface area contributed by atoms with Crippen LogP contribution in [0.5, 0.6) is 0 Å². The normalized spacial score (nSPS) is 12.5. The Hall–Kier alpha value is -2.37. The number of aromatic nitrogens is 1. The van der Waals surface area contributed by atoms with Crippen molar-refractivity contribution in [2.75, 3.05) is 20.6 Å². The summed E-state index contributed by atoms with van der Waals surface area (Å²) in [5, 5.41) is 4.29. The molecule has 1 amide bonds. The van der Waals surface area contributed by atoms with Crippen LogP contribution in [-0.2, 0) is 0 Å². The lowest BCUT2D eigenvalue weighted by Gasteiger charge is -2.25. The monoisotopic (exact) mass is 359 g/mol. The second kappa shape index (κ2) is 7.25. The molecule has 0 aliphatic heterocycles. The number of benzene rings is 2. The van der Waals surface area contributed by atoms with Gasteiger partial charge in [0, 0.05) is 23.6 Å². The van der Waals surface area contributed by atoms with Crippen molar-refractivity contribution >= 4 is 28.4 Å². The molecule has 3 rings (SSSR count). The van der Waals surface area contributed by atoms with Crippen molar-refractivity contribution in [2.24, 2.45) is 0 Å². The zero-order chi connectivity index (χ0) is 18.0. The van der Waals surface area contributed by atoms with Gasteiger partial charge in [-0.15, -0.1) is 0 Å². The van der Waals surface area contributed by atoms with Crippen LogP contribution in [0.1, 0.15) is 22.0 Å². The van der Waals surface area contributed by atoms with Gasteiger partial charge in [-0.3, -0.25) is 4.79 Å². The molecule has 3 aromatic rings. The number of nitrogens with one attached hydrogen (secondary N) is 2. The van der Waals surface area contributed by atoms with Crippen molar-refractivity contribution in [3.8, 4) is 0 Å². The highest BCUT2D eigenvalue weighted by atomic mass is 35.5. The Kier molecular flexibility index (Phi) is 5.06. The first kappa shape index (κ1) is 17.5. The fraction of sp³-hybridized carbons (Fsp3) is 0.211. The molecule has 1 aromatic heterocycles. The predicted molar refractivity (Wildman–Crippen MR) is 98.5 cm³/mol. The van der Waals surface area contributed by atoms with Crippen LogP contribution in [0.4, 0.5) is 4.39 Å². The van der Waals surface area contributed by atoms with Gasteiger partial charge in [0.25, 0.3) is 5.91 Å². The number of nitrogens with zero attached hydrogens (tertiary/aromatic N) is 1. The molecule has 2 aromatic carbocycles. The smallest absolute Gasteiger partial charge is 0.252 e. The Morgan fingerprint density at radius 1 is 1.24 bits per heavy atom. The number of halogens is 2. The average Bonchev–Trinajstić information content (AvgIpc) is 3.02. The Morgan fingerprint density at radius 2 is 1.96 bits per heavy atom. The van der Waals surface area contributed by atoms with E-state index in [1.165, 1.54) is 12.1 Å². The van der Waals surface area contributed by atoms with Crippen LogP contribution in [-0.4, -0.2) is 36.4 Å². The van der Waals surface area contributed by atoms with Crippen LogP contribution < -0.4 is 5.32 Å². The predicted octanol–water partition coefficient (Wildman–Crippen LogP) is 3.99. The highest BCUT2D eigenvalue weighted by Crippen LogP contribution is 2.24. The van der Waals surface area contributed by atoms with Gasteiger partial charge in [-0.1, -0.05) is 23.7 Å². The molecule has 1 unspecified atom stereocenters. The fourth-order valence-corrected chi connectivity index (χ4v) is 3.07. The summed E-state index contributed by atoms with van der Waals surface area (Å²) in [6.07, 6.45) is 1.80. The number of amides is 1. The number of carbonyl (C=O) groups excluding carboxylic acids is 1. The van der Waals surface area contributed by atoms with E-state index in [0.717, 1.165) is 16.5 Å². The maximum atomic E-state index is 13.1. The molecule has 0 saturated heterocycles. The van der Waals surface area contributed by atoms with E-state index in [4.69, 9.17) is 11.6 Å². The van der Waals surface area contributed by atoms with Gasteiger partial charge >= 0.3 is 0 Å². The minimum atomic E-state index is -0.281. The van der Waals surface area contributed by atoms with Gasteiger partial charge in [0.1, 0.15) is 5.82 Å². The van der Waals surface area contributed by atoms with E-state index >= 15 is 0 Å². The first-order chi connectivity index (χ1) is 12.0. The largest absolute Gasteiger partial charge is 0.361 e. The van der Waals surface area contributed by atoms with Crippen molar-refractivity contribution in [3.63, 3.8) is 0 Å². The highest BCUT2D eigenvalue weighted by molar-refractivity contribution is 6.34. The number of fused-ring (bicyclic) bond motifs is 1. The maximum Gasteiger partial charge on any atom is 0.252 e. The molecule has 0 aliphatic carbocycles. The molecule has 0 aliphatic rings. The molecule has 2 N–H and O–H groups in total. The van der Waals surface area contributed by atoms with E-state index < -0.39 is 0 Å². The van der Waals surface area contributed by atoms with Gasteiger partial charge < -0.3 is 15.2 Å². The Balaban J connectivity index is 1.76. The number of hydrogen-bond donors (Lipinski definition) is 2. The summed E-state index contributed by atoms with van der Waals surface area (Å²) < 4.78 is 13.1. The number of H-pyrrole nitrogens is 1. The molecule has 25 heavy (non-hydrogen) atoms. The summed E-state index contributed by atoms with van der Waals surface area (Å²) in [5.41, 5.74) is 2.21. The molecule has 0 saturated carbocycles. The van der Waals surface area contributed by atoms with E-state index in [1.807, 2.05) is 25.1 Å². The molecule has 0 radical (unpaired) electrons. The number of rotatable bonds is 5. The average molecular weight is 360 g/mol. The van der Waals surface area contributed by atoms with Crippen molar-refractivity contribution in [1.29, 1.82) is 0 Å². The second-order valence-electron chi connectivity index (χ2n) is 6.14. The minimum Gasteiger partial charge on any atom is -0.361 e. The quantitative estimate of drug-likeness (QED) is 0.723. The topological polar surface area (TPSA) is 48.1 Å². The standard InChI is InChI=1S/C19H19ClFN3O/c1-24(2)18(12-3-5-14(21)6-4-12)11-23-19(25)15-10-17-13(7-8-22-17)9-16(15)20/h3-10,18,22H,11H2,1-2H3,(H,23,25). The summed E-state index contributed by atoms with van der Waals surface area (Å²) in [6, 6.07) is 11.6. The minimum absolute atomic E-state index is 0.0717. The first-order valence-electron chi connectivity index (χ1n) is 7.92. The lowest BCUT2D eigenvalue weighted by Crippen LogP contribution is -2.34. The van der Waals surface area contributed by atoms with Crippen LogP contribution in [0.25, 0.3) is 10.9 Å². The zero-order valence-electron chi connectivity index (χ0n) is 14.0. The van der Waals surface area contributed by atoms with Crippen LogP contribution >= 0.6 is 11.6 Å². The second-order valence-corrected chi connectivity index (χ2v) is 6.55. The number of carbonyl (C=O) groups is 1. The van der Waals surface area contributed by atoms with Crippen molar-refractivity contribution in [3.05, 3.63) is 70.6 Å². The number of likely N-dealkylation sites (N-methyl/N-ethyl adjacent to an activating group) is 1. The third-order valence-electron chi connectivity index (χ3n) is 4.22. The molecular weight excluding hydrogens is 341 g/mol. The van der Waals surface area contributed by atoms with E-state index in [-0.39, 0.29) is 17.8 Å². The molecular formula is C19H19ClFN3O. The molecule has 0 spiro atoms. The molecule has 130 valence electrons. The lowest BCUT2D eigenvalue weighted by atomic mass is 10.1. The summed E-state index contributed by atoms with van der Waals surface area (Å²) in [5.74, 6) is -0.521. The van der Waals surface area contributed by atoms with Gasteiger partial charge in [0.15, 0.2) is 0 Å². The summed E-state index contributed by atoms with van der Waals surface area (Å²) in [6.45, 7) is 0.385. The van der Waals surface area contributed by atoms with Gasteiger partial charge in [-0.2, -0.15) is 0 Å². The molecule has 6 heteroatoms. The third-order valence-corrected chi connectivity index (χ3v) is 4.53. The maximum absolute atomic E-state index is 13.1. The Bertz CT molecular complexity index is 889.